The number of hydrogen-bond acceptors (Lipinski definition) is 7. The second-order valence-electron chi connectivity index (χ2n) is 6.92. The summed E-state index contributed by atoms with van der Waals surface area (Å²) in [7, 11) is 1.85. The minimum atomic E-state index is -0.468. The number of rotatable bonds is 9. The number of thiophene rings is 1. The Bertz CT molecular complexity index is 872. The van der Waals surface area contributed by atoms with Gasteiger partial charge in [0.25, 0.3) is 5.56 Å². The van der Waals surface area contributed by atoms with Gasteiger partial charge in [0.05, 0.1) is 24.1 Å². The highest BCUT2D eigenvalue weighted by Gasteiger charge is 2.21. The number of aromatic nitrogens is 2. The number of H-pyrrole nitrogens is 1. The van der Waals surface area contributed by atoms with Crippen molar-refractivity contribution < 1.29 is 14.6 Å². The summed E-state index contributed by atoms with van der Waals surface area (Å²) < 4.78 is 5.25. The van der Waals surface area contributed by atoms with Crippen LogP contribution in [0.4, 0.5) is 0 Å². The Hall–Kier alpha value is -2.03. The van der Waals surface area contributed by atoms with E-state index >= 15 is 0 Å². The molecule has 0 saturated heterocycles. The van der Waals surface area contributed by atoms with Crippen molar-refractivity contribution in [1.29, 1.82) is 0 Å². The maximum atomic E-state index is 12.5. The number of allylic oxidation sites excluding steroid dienone is 1. The maximum Gasteiger partial charge on any atom is 0.348 e. The first kappa shape index (κ1) is 21.3. The summed E-state index contributed by atoms with van der Waals surface area (Å²) in [5.41, 5.74) is 0.321. The van der Waals surface area contributed by atoms with Gasteiger partial charge in [-0.3, -0.25) is 9.69 Å². The van der Waals surface area contributed by atoms with Crippen molar-refractivity contribution in [2.45, 2.75) is 52.4 Å². The first-order valence-electron chi connectivity index (χ1n) is 8.93. The van der Waals surface area contributed by atoms with Crippen molar-refractivity contribution in [1.82, 2.24) is 14.9 Å². The van der Waals surface area contributed by atoms with Crippen molar-refractivity contribution in [2.24, 2.45) is 0 Å². The maximum absolute atomic E-state index is 12.5. The molecule has 2 N–H and O–H groups in total. The Balaban J connectivity index is 2.22. The highest BCUT2D eigenvalue weighted by molar-refractivity contribution is 7.20. The SMILES string of the molecule is C=CCCC(O)CN(C)Cc1nc2sc(C(=O)OC(C)C)c(C)c2c(=O)[nH]1. The molecule has 8 heteroatoms. The third-order valence-corrected chi connectivity index (χ3v) is 5.19. The van der Waals surface area contributed by atoms with E-state index < -0.39 is 12.1 Å². The number of aliphatic hydroxyl groups is 1. The van der Waals surface area contributed by atoms with Gasteiger partial charge in [0.15, 0.2) is 0 Å². The molecular formula is C19H27N3O4S. The van der Waals surface area contributed by atoms with Crippen molar-refractivity contribution in [2.75, 3.05) is 13.6 Å². The number of nitrogens with one attached hydrogen (secondary N) is 1. The molecule has 2 aromatic rings. The Morgan fingerprint density at radius 1 is 1.48 bits per heavy atom. The molecule has 2 rings (SSSR count). The van der Waals surface area contributed by atoms with Crippen LogP contribution < -0.4 is 5.56 Å². The van der Waals surface area contributed by atoms with Crippen LogP contribution in [0.1, 0.15) is 47.7 Å². The molecular weight excluding hydrogens is 366 g/mol. The lowest BCUT2D eigenvalue weighted by Crippen LogP contribution is -2.30. The Morgan fingerprint density at radius 3 is 2.81 bits per heavy atom. The third kappa shape index (κ3) is 5.47. The fourth-order valence-electron chi connectivity index (χ4n) is 2.81. The summed E-state index contributed by atoms with van der Waals surface area (Å²) in [5, 5.41) is 10.4. The van der Waals surface area contributed by atoms with E-state index in [2.05, 4.69) is 16.5 Å². The first-order chi connectivity index (χ1) is 12.7. The van der Waals surface area contributed by atoms with Crippen molar-refractivity contribution in [3.05, 3.63) is 39.3 Å². The number of carbonyl (C=O) groups is 1. The summed E-state index contributed by atoms with van der Waals surface area (Å²) in [6, 6.07) is 0. The van der Waals surface area contributed by atoms with Gasteiger partial charge >= 0.3 is 5.97 Å². The summed E-state index contributed by atoms with van der Waals surface area (Å²) >= 11 is 1.17. The predicted molar refractivity (Wildman–Crippen MR) is 107 cm³/mol. The molecule has 2 heterocycles. The highest BCUT2D eigenvalue weighted by atomic mass is 32.1. The van der Waals surface area contributed by atoms with Gasteiger partial charge in [-0.25, -0.2) is 9.78 Å². The summed E-state index contributed by atoms with van der Waals surface area (Å²) in [6.45, 7) is 9.79. The third-order valence-electron chi connectivity index (χ3n) is 4.02. The minimum absolute atomic E-state index is 0.231. The average Bonchev–Trinajstić information content (AvgIpc) is 2.89. The molecule has 0 aliphatic carbocycles. The number of aliphatic hydroxyl groups excluding tert-OH is 1. The lowest BCUT2D eigenvalue weighted by atomic mass is 10.2. The lowest BCUT2D eigenvalue weighted by molar-refractivity contribution is 0.0383. The van der Waals surface area contributed by atoms with Crippen LogP contribution in [0.15, 0.2) is 17.4 Å². The number of hydrogen-bond donors (Lipinski definition) is 2. The molecule has 0 aliphatic heterocycles. The number of likely N-dealkylation sites (N-methyl/N-ethyl adjacent to an activating group) is 1. The average molecular weight is 394 g/mol. The zero-order chi connectivity index (χ0) is 20.1. The van der Waals surface area contributed by atoms with Crippen molar-refractivity contribution in [3.63, 3.8) is 0 Å². The first-order valence-corrected chi connectivity index (χ1v) is 9.75. The van der Waals surface area contributed by atoms with E-state index in [1.54, 1.807) is 26.8 Å². The van der Waals surface area contributed by atoms with Crippen LogP contribution in [0.3, 0.4) is 0 Å². The lowest BCUT2D eigenvalue weighted by Gasteiger charge is -2.19. The molecule has 1 atom stereocenters. The van der Waals surface area contributed by atoms with Gasteiger partial charge in [-0.1, -0.05) is 6.08 Å². The monoisotopic (exact) mass is 393 g/mol. The molecule has 0 aromatic carbocycles. The number of aryl methyl sites for hydroxylation is 1. The van der Waals surface area contributed by atoms with Gasteiger partial charge in [-0.05, 0) is 46.2 Å². The number of fused-ring (bicyclic) bond motifs is 1. The number of carbonyl (C=O) groups excluding carboxylic acids is 1. The zero-order valence-corrected chi connectivity index (χ0v) is 17.1. The number of esters is 1. The zero-order valence-electron chi connectivity index (χ0n) is 16.2. The highest BCUT2D eigenvalue weighted by Crippen LogP contribution is 2.28. The molecule has 0 saturated carbocycles. The summed E-state index contributed by atoms with van der Waals surface area (Å²) in [6.07, 6.45) is 2.47. The predicted octanol–water partition coefficient (Wildman–Crippen LogP) is 2.62. The Labute approximate surface area is 162 Å². The van der Waals surface area contributed by atoms with Gasteiger partial charge in [0, 0.05) is 6.54 Å². The molecule has 0 amide bonds. The molecule has 27 heavy (non-hydrogen) atoms. The van der Waals surface area contributed by atoms with Crippen LogP contribution in [0.25, 0.3) is 10.2 Å². The van der Waals surface area contributed by atoms with Crippen LogP contribution >= 0.6 is 11.3 Å². The molecule has 0 radical (unpaired) electrons. The minimum Gasteiger partial charge on any atom is -0.459 e. The van der Waals surface area contributed by atoms with Crippen molar-refractivity contribution in [3.8, 4) is 0 Å². The molecule has 0 aliphatic rings. The molecule has 0 bridgehead atoms. The van der Waals surface area contributed by atoms with Gasteiger partial charge in [-0.2, -0.15) is 0 Å². The van der Waals surface area contributed by atoms with E-state index in [9.17, 15) is 14.7 Å². The van der Waals surface area contributed by atoms with Gasteiger partial charge < -0.3 is 14.8 Å². The molecule has 7 nitrogen and oxygen atoms in total. The smallest absolute Gasteiger partial charge is 0.348 e. The van der Waals surface area contributed by atoms with E-state index in [1.165, 1.54) is 11.3 Å². The quantitative estimate of drug-likeness (QED) is 0.502. The Morgan fingerprint density at radius 2 is 2.19 bits per heavy atom. The van der Waals surface area contributed by atoms with Gasteiger partial charge in [0.2, 0.25) is 0 Å². The number of nitrogens with zero attached hydrogens (tertiary/aromatic N) is 2. The van der Waals surface area contributed by atoms with Crippen LogP contribution in [0.2, 0.25) is 0 Å². The topological polar surface area (TPSA) is 95.5 Å². The standard InChI is InChI=1S/C19H27N3O4S/c1-6-7-8-13(23)9-22(5)10-14-20-17(24)15-12(4)16(27-18(15)21-14)19(25)26-11(2)3/h6,11,13,23H,1,7-10H2,2-5H3,(H,20,21,24). The van der Waals surface area contributed by atoms with E-state index in [-0.39, 0.29) is 11.7 Å². The van der Waals surface area contributed by atoms with E-state index in [0.29, 0.717) is 46.0 Å². The largest absolute Gasteiger partial charge is 0.459 e. The number of ether oxygens (including phenoxy) is 1. The molecule has 0 fully saturated rings. The van der Waals surface area contributed by atoms with Gasteiger partial charge in [-0.15, -0.1) is 17.9 Å². The molecule has 0 spiro atoms. The molecule has 2 aromatic heterocycles. The molecule has 148 valence electrons. The second kappa shape index (κ2) is 9.25. The van der Waals surface area contributed by atoms with Crippen LogP contribution in [-0.2, 0) is 11.3 Å². The van der Waals surface area contributed by atoms with E-state index in [1.807, 2.05) is 11.9 Å². The second-order valence-corrected chi connectivity index (χ2v) is 7.92. The summed E-state index contributed by atoms with van der Waals surface area (Å²) in [5.74, 6) is 0.0601. The van der Waals surface area contributed by atoms with E-state index in [0.717, 1.165) is 6.42 Å². The molecule has 1 unspecified atom stereocenters. The Kier molecular flexibility index (Phi) is 7.29. The van der Waals surface area contributed by atoms with Crippen LogP contribution in [-0.4, -0.2) is 51.7 Å². The normalized spacial score (nSPS) is 12.7. The fraction of sp³-hybridized carbons (Fsp3) is 0.526. The van der Waals surface area contributed by atoms with Crippen molar-refractivity contribution >= 4 is 27.5 Å². The van der Waals surface area contributed by atoms with E-state index in [4.69, 9.17) is 4.74 Å². The summed E-state index contributed by atoms with van der Waals surface area (Å²) in [4.78, 5) is 34.8. The van der Waals surface area contributed by atoms with Crippen LogP contribution in [0.5, 0.6) is 0 Å². The fourth-order valence-corrected chi connectivity index (χ4v) is 3.89. The van der Waals surface area contributed by atoms with Crippen LogP contribution in [0, 0.1) is 6.92 Å². The number of aromatic amines is 1. The van der Waals surface area contributed by atoms with Gasteiger partial charge in [0.1, 0.15) is 15.5 Å².